The van der Waals surface area contributed by atoms with Crippen LogP contribution in [0.15, 0.2) is 71.8 Å². The smallest absolute Gasteiger partial charge is 0.343 e. The second-order valence-electron chi connectivity index (χ2n) is 6.44. The number of carbonyl (C=O) groups excluding carboxylic acids is 2. The Morgan fingerprint density at radius 3 is 2.47 bits per heavy atom. The first kappa shape index (κ1) is 22.5. The number of esters is 1. The Kier molecular flexibility index (Phi) is 7.53. The van der Waals surface area contributed by atoms with E-state index in [1.165, 1.54) is 31.5 Å². The molecule has 0 spiro atoms. The van der Waals surface area contributed by atoms with Gasteiger partial charge in [0.2, 0.25) is 0 Å². The second kappa shape index (κ2) is 10.7. The van der Waals surface area contributed by atoms with Crippen molar-refractivity contribution in [3.05, 3.63) is 89.2 Å². The van der Waals surface area contributed by atoms with Crippen LogP contribution >= 0.6 is 0 Å². The Morgan fingerprint density at radius 2 is 1.78 bits per heavy atom. The van der Waals surface area contributed by atoms with Crippen molar-refractivity contribution in [2.24, 2.45) is 5.10 Å². The maximum Gasteiger partial charge on any atom is 0.343 e. The summed E-state index contributed by atoms with van der Waals surface area (Å²) in [7, 11) is 1.43. The number of hydrogen-bond acceptors (Lipinski definition) is 6. The van der Waals surface area contributed by atoms with Crippen LogP contribution in [0.1, 0.15) is 33.2 Å². The highest BCUT2D eigenvalue weighted by molar-refractivity contribution is 5.95. The molecule has 0 saturated heterocycles. The van der Waals surface area contributed by atoms with E-state index in [9.17, 15) is 14.0 Å². The number of carbonyl (C=O) groups is 2. The van der Waals surface area contributed by atoms with Crippen molar-refractivity contribution in [1.29, 1.82) is 0 Å². The number of nitrogens with one attached hydrogen (secondary N) is 1. The van der Waals surface area contributed by atoms with E-state index in [-0.39, 0.29) is 11.3 Å². The first-order valence-electron chi connectivity index (χ1n) is 9.72. The first-order valence-corrected chi connectivity index (χ1v) is 9.72. The summed E-state index contributed by atoms with van der Waals surface area (Å²) in [5.41, 5.74) is 3.07. The van der Waals surface area contributed by atoms with Crippen LogP contribution in [-0.2, 0) is 0 Å². The number of nitrogens with zero attached hydrogens (tertiary/aromatic N) is 1. The van der Waals surface area contributed by atoms with Crippen molar-refractivity contribution in [1.82, 2.24) is 5.43 Å². The van der Waals surface area contributed by atoms with Gasteiger partial charge in [-0.05, 0) is 67.1 Å². The van der Waals surface area contributed by atoms with E-state index in [4.69, 9.17) is 14.2 Å². The summed E-state index contributed by atoms with van der Waals surface area (Å²) in [6, 6.07) is 16.9. The molecule has 1 amide bonds. The van der Waals surface area contributed by atoms with Crippen LogP contribution in [0.5, 0.6) is 17.2 Å². The number of benzene rings is 3. The van der Waals surface area contributed by atoms with Crippen molar-refractivity contribution in [2.45, 2.75) is 6.92 Å². The molecular weight excluding hydrogens is 415 g/mol. The molecule has 7 nitrogen and oxygen atoms in total. The van der Waals surface area contributed by atoms with Gasteiger partial charge in [-0.1, -0.05) is 12.1 Å². The third kappa shape index (κ3) is 5.69. The van der Waals surface area contributed by atoms with Crippen LogP contribution in [0.4, 0.5) is 4.39 Å². The maximum atomic E-state index is 13.6. The maximum absolute atomic E-state index is 13.6. The van der Waals surface area contributed by atoms with Gasteiger partial charge in [0.25, 0.3) is 5.91 Å². The fourth-order valence-corrected chi connectivity index (χ4v) is 2.73. The summed E-state index contributed by atoms with van der Waals surface area (Å²) in [5.74, 6) is -0.683. The van der Waals surface area contributed by atoms with Gasteiger partial charge in [0.15, 0.2) is 11.5 Å². The molecule has 0 heterocycles. The summed E-state index contributed by atoms with van der Waals surface area (Å²) < 4.78 is 29.7. The summed E-state index contributed by atoms with van der Waals surface area (Å²) >= 11 is 0. The minimum atomic E-state index is -0.674. The van der Waals surface area contributed by atoms with Crippen LogP contribution < -0.4 is 19.6 Å². The largest absolute Gasteiger partial charge is 0.494 e. The molecule has 164 valence electrons. The highest BCUT2D eigenvalue weighted by atomic mass is 19.1. The van der Waals surface area contributed by atoms with Crippen LogP contribution in [0.2, 0.25) is 0 Å². The number of halogens is 1. The van der Waals surface area contributed by atoms with Gasteiger partial charge in [-0.3, -0.25) is 4.79 Å². The second-order valence-corrected chi connectivity index (χ2v) is 6.44. The Hall–Kier alpha value is -4.20. The molecule has 0 aliphatic heterocycles. The number of hydrogen-bond donors (Lipinski definition) is 1. The molecule has 0 aliphatic rings. The lowest BCUT2D eigenvalue weighted by atomic mass is 10.2. The van der Waals surface area contributed by atoms with Crippen LogP contribution in [-0.4, -0.2) is 31.8 Å². The highest BCUT2D eigenvalue weighted by Crippen LogP contribution is 2.28. The van der Waals surface area contributed by atoms with Crippen molar-refractivity contribution < 1.29 is 28.2 Å². The third-order valence-corrected chi connectivity index (χ3v) is 4.29. The molecule has 0 aromatic heterocycles. The van der Waals surface area contributed by atoms with Gasteiger partial charge in [-0.25, -0.2) is 14.6 Å². The zero-order chi connectivity index (χ0) is 22.9. The minimum absolute atomic E-state index is 0.112. The molecule has 0 bridgehead atoms. The van der Waals surface area contributed by atoms with E-state index < -0.39 is 17.7 Å². The van der Waals surface area contributed by atoms with Crippen molar-refractivity contribution in [2.75, 3.05) is 13.7 Å². The number of amides is 1. The molecule has 3 rings (SSSR count). The van der Waals surface area contributed by atoms with Gasteiger partial charge in [0, 0.05) is 0 Å². The van der Waals surface area contributed by atoms with E-state index in [0.29, 0.717) is 29.2 Å². The van der Waals surface area contributed by atoms with E-state index in [0.717, 1.165) is 0 Å². The summed E-state index contributed by atoms with van der Waals surface area (Å²) in [6.45, 7) is 2.41. The predicted molar refractivity (Wildman–Crippen MR) is 117 cm³/mol. The van der Waals surface area contributed by atoms with Gasteiger partial charge in [0.1, 0.15) is 11.6 Å². The lowest BCUT2D eigenvalue weighted by Crippen LogP contribution is -2.18. The molecule has 0 atom stereocenters. The Bertz CT molecular complexity index is 1130. The molecule has 32 heavy (non-hydrogen) atoms. The zero-order valence-electron chi connectivity index (χ0n) is 17.5. The van der Waals surface area contributed by atoms with E-state index in [1.54, 1.807) is 48.5 Å². The lowest BCUT2D eigenvalue weighted by Gasteiger charge is -2.10. The quantitative estimate of drug-likeness (QED) is 0.247. The van der Waals surface area contributed by atoms with Gasteiger partial charge in [-0.15, -0.1) is 0 Å². The Morgan fingerprint density at radius 1 is 1.03 bits per heavy atom. The zero-order valence-corrected chi connectivity index (χ0v) is 17.5. The van der Waals surface area contributed by atoms with E-state index >= 15 is 0 Å². The Labute approximate surface area is 184 Å². The van der Waals surface area contributed by atoms with Crippen molar-refractivity contribution in [3.63, 3.8) is 0 Å². The number of rotatable bonds is 8. The topological polar surface area (TPSA) is 86.2 Å². The molecule has 0 unspecified atom stereocenters. The van der Waals surface area contributed by atoms with Crippen molar-refractivity contribution >= 4 is 18.1 Å². The molecule has 0 fully saturated rings. The van der Waals surface area contributed by atoms with Gasteiger partial charge >= 0.3 is 5.97 Å². The molecular formula is C24H21FN2O5. The third-order valence-electron chi connectivity index (χ3n) is 4.29. The van der Waals surface area contributed by atoms with E-state index in [2.05, 4.69) is 10.5 Å². The first-order chi connectivity index (χ1) is 15.5. The monoisotopic (exact) mass is 436 g/mol. The number of hydrazone groups is 1. The molecule has 3 aromatic carbocycles. The SMILES string of the molecule is CCOc1ccc(C(=O)Oc2ccc(C=NNC(=O)c3ccccc3F)cc2OC)cc1. The predicted octanol–water partition coefficient (Wildman–Crippen LogP) is 4.22. The molecule has 0 aliphatic carbocycles. The van der Waals surface area contributed by atoms with E-state index in [1.807, 2.05) is 6.92 Å². The average molecular weight is 436 g/mol. The molecule has 0 radical (unpaired) electrons. The van der Waals surface area contributed by atoms with Crippen LogP contribution in [0, 0.1) is 5.82 Å². The fourth-order valence-electron chi connectivity index (χ4n) is 2.73. The molecule has 1 N–H and O–H groups in total. The van der Waals surface area contributed by atoms with Crippen LogP contribution in [0.25, 0.3) is 0 Å². The molecule has 0 saturated carbocycles. The highest BCUT2D eigenvalue weighted by Gasteiger charge is 2.13. The summed E-state index contributed by atoms with van der Waals surface area (Å²) in [5, 5.41) is 3.83. The average Bonchev–Trinajstić information content (AvgIpc) is 2.80. The van der Waals surface area contributed by atoms with Gasteiger partial charge < -0.3 is 14.2 Å². The number of ether oxygens (including phenoxy) is 3. The molecule has 8 heteroatoms. The summed E-state index contributed by atoms with van der Waals surface area (Å²) in [6.07, 6.45) is 1.36. The van der Waals surface area contributed by atoms with Gasteiger partial charge in [-0.2, -0.15) is 5.10 Å². The van der Waals surface area contributed by atoms with Crippen molar-refractivity contribution in [3.8, 4) is 17.2 Å². The Balaban J connectivity index is 1.66. The minimum Gasteiger partial charge on any atom is -0.494 e. The van der Waals surface area contributed by atoms with Crippen LogP contribution in [0.3, 0.4) is 0 Å². The molecule has 3 aromatic rings. The van der Waals surface area contributed by atoms with Gasteiger partial charge in [0.05, 0.1) is 31.1 Å². The normalized spacial score (nSPS) is 10.6. The fraction of sp³-hybridized carbons (Fsp3) is 0.125. The standard InChI is InChI=1S/C24H21FN2O5/c1-3-31-18-11-9-17(10-12-18)24(29)32-21-13-8-16(14-22(21)30-2)15-26-27-23(28)19-6-4-5-7-20(19)25/h4-15H,3H2,1-2H3,(H,27,28). The lowest BCUT2D eigenvalue weighted by molar-refractivity contribution is 0.0729. The number of methoxy groups -OCH3 is 1. The summed E-state index contributed by atoms with van der Waals surface area (Å²) in [4.78, 5) is 24.4.